The molecule has 0 aliphatic heterocycles. The highest BCUT2D eigenvalue weighted by Crippen LogP contribution is 2.25. The monoisotopic (exact) mass is 424 g/mol. The summed E-state index contributed by atoms with van der Waals surface area (Å²) < 4.78 is 33.1. The fraction of sp³-hybridized carbons (Fsp3) is 0.174. The molecule has 0 heterocycles. The fourth-order valence-corrected chi connectivity index (χ4v) is 4.16. The third-order valence-electron chi connectivity index (χ3n) is 4.16. The van der Waals surface area contributed by atoms with E-state index in [9.17, 15) is 13.2 Å². The molecule has 156 valence electrons. The molecule has 3 aromatic carbocycles. The van der Waals surface area contributed by atoms with Gasteiger partial charge in [0, 0.05) is 12.6 Å². The van der Waals surface area contributed by atoms with Crippen LogP contribution in [0.15, 0.2) is 83.8 Å². The Morgan fingerprint density at radius 2 is 1.63 bits per heavy atom. The van der Waals surface area contributed by atoms with Crippen LogP contribution in [0, 0.1) is 0 Å². The molecule has 0 aliphatic carbocycles. The first-order valence-electron chi connectivity index (χ1n) is 9.56. The van der Waals surface area contributed by atoms with Crippen LogP contribution >= 0.6 is 0 Å². The second-order valence-corrected chi connectivity index (χ2v) is 8.73. The first-order chi connectivity index (χ1) is 14.3. The summed E-state index contributed by atoms with van der Waals surface area (Å²) in [4.78, 5) is 12.9. The summed E-state index contributed by atoms with van der Waals surface area (Å²) in [6, 6.07) is 22.5. The molecule has 0 spiro atoms. The van der Waals surface area contributed by atoms with Crippen LogP contribution in [0.4, 0.5) is 0 Å². The summed E-state index contributed by atoms with van der Waals surface area (Å²) in [5.74, 6) is 0.766. The summed E-state index contributed by atoms with van der Waals surface area (Å²) in [7, 11) is -3.60. The molecule has 1 amide bonds. The maximum absolute atomic E-state index is 12.7. The van der Waals surface area contributed by atoms with Gasteiger partial charge in [-0.15, -0.1) is 0 Å². The van der Waals surface area contributed by atoms with Crippen molar-refractivity contribution in [1.29, 1.82) is 0 Å². The Bertz CT molecular complexity index is 1110. The highest BCUT2D eigenvalue weighted by molar-refractivity contribution is 7.89. The van der Waals surface area contributed by atoms with Gasteiger partial charge in [0.1, 0.15) is 11.5 Å². The second-order valence-electron chi connectivity index (χ2n) is 7.02. The third-order valence-corrected chi connectivity index (χ3v) is 5.81. The van der Waals surface area contributed by atoms with Gasteiger partial charge in [-0.05, 0) is 55.8 Å². The van der Waals surface area contributed by atoms with Crippen LogP contribution in [-0.2, 0) is 16.6 Å². The fourth-order valence-electron chi connectivity index (χ4n) is 2.84. The van der Waals surface area contributed by atoms with Crippen LogP contribution in [-0.4, -0.2) is 20.4 Å². The van der Waals surface area contributed by atoms with Crippen molar-refractivity contribution in [2.24, 2.45) is 0 Å². The van der Waals surface area contributed by atoms with E-state index >= 15 is 0 Å². The molecule has 30 heavy (non-hydrogen) atoms. The standard InChI is InChI=1S/C23H24N2O4S/c1-17(2)25-30(27,28)20-12-8-9-18(15-20)16-24-23(26)21-13-6-7-14-22(21)29-19-10-4-3-5-11-19/h3-15,17,25H,16H2,1-2H3,(H,24,26). The van der Waals surface area contributed by atoms with Crippen LogP contribution in [0.2, 0.25) is 0 Å². The molecule has 0 unspecified atom stereocenters. The van der Waals surface area contributed by atoms with Gasteiger partial charge >= 0.3 is 0 Å². The van der Waals surface area contributed by atoms with Crippen molar-refractivity contribution in [2.75, 3.05) is 0 Å². The first kappa shape index (κ1) is 21.5. The number of carbonyl (C=O) groups excluding carboxylic acids is 1. The maximum atomic E-state index is 12.7. The van der Waals surface area contributed by atoms with Crippen LogP contribution in [0.3, 0.4) is 0 Å². The van der Waals surface area contributed by atoms with Gasteiger partial charge in [0.15, 0.2) is 0 Å². The Balaban J connectivity index is 1.72. The molecule has 2 N–H and O–H groups in total. The van der Waals surface area contributed by atoms with Crippen LogP contribution in [0.25, 0.3) is 0 Å². The molecule has 0 aliphatic rings. The number of rotatable bonds is 8. The van der Waals surface area contributed by atoms with Gasteiger partial charge in [-0.2, -0.15) is 0 Å². The van der Waals surface area contributed by atoms with E-state index in [4.69, 9.17) is 4.74 Å². The lowest BCUT2D eigenvalue weighted by Gasteiger charge is -2.13. The quantitative estimate of drug-likeness (QED) is 0.570. The molecular formula is C23H24N2O4S. The molecule has 3 aromatic rings. The number of hydrogen-bond acceptors (Lipinski definition) is 4. The average Bonchev–Trinajstić information content (AvgIpc) is 2.72. The summed E-state index contributed by atoms with van der Waals surface area (Å²) >= 11 is 0. The smallest absolute Gasteiger partial charge is 0.255 e. The molecule has 3 rings (SSSR count). The zero-order valence-electron chi connectivity index (χ0n) is 16.8. The van der Waals surface area contributed by atoms with E-state index in [0.717, 1.165) is 0 Å². The second kappa shape index (κ2) is 9.56. The average molecular weight is 425 g/mol. The van der Waals surface area contributed by atoms with Gasteiger partial charge in [-0.25, -0.2) is 13.1 Å². The summed E-state index contributed by atoms with van der Waals surface area (Å²) in [6.07, 6.45) is 0. The number of hydrogen-bond donors (Lipinski definition) is 2. The van der Waals surface area contributed by atoms with Gasteiger partial charge in [-0.1, -0.05) is 42.5 Å². The largest absolute Gasteiger partial charge is 0.457 e. The zero-order chi connectivity index (χ0) is 21.6. The van der Waals surface area contributed by atoms with Gasteiger partial charge in [-0.3, -0.25) is 4.79 Å². The van der Waals surface area contributed by atoms with Crippen molar-refractivity contribution in [2.45, 2.75) is 31.3 Å². The molecule has 0 bridgehead atoms. The van der Waals surface area contributed by atoms with Crippen LogP contribution < -0.4 is 14.8 Å². The minimum absolute atomic E-state index is 0.163. The molecule has 0 radical (unpaired) electrons. The van der Waals surface area contributed by atoms with Crippen molar-refractivity contribution in [1.82, 2.24) is 10.0 Å². The minimum Gasteiger partial charge on any atom is -0.457 e. The zero-order valence-corrected chi connectivity index (χ0v) is 17.6. The van der Waals surface area contributed by atoms with Crippen LogP contribution in [0.5, 0.6) is 11.5 Å². The lowest BCUT2D eigenvalue weighted by molar-refractivity contribution is 0.0948. The highest BCUT2D eigenvalue weighted by atomic mass is 32.2. The Kier molecular flexibility index (Phi) is 6.87. The van der Waals surface area contributed by atoms with E-state index in [0.29, 0.717) is 22.6 Å². The molecule has 0 saturated carbocycles. The van der Waals surface area contributed by atoms with E-state index in [1.807, 2.05) is 30.3 Å². The summed E-state index contributed by atoms with van der Waals surface area (Å²) in [5.41, 5.74) is 1.07. The Morgan fingerprint density at radius 1 is 0.933 bits per heavy atom. The predicted molar refractivity (Wildman–Crippen MR) is 116 cm³/mol. The van der Waals surface area contributed by atoms with E-state index in [1.165, 1.54) is 6.07 Å². The SMILES string of the molecule is CC(C)NS(=O)(=O)c1cccc(CNC(=O)c2ccccc2Oc2ccccc2)c1. The van der Waals surface area contributed by atoms with E-state index < -0.39 is 10.0 Å². The van der Waals surface area contributed by atoms with E-state index in [1.54, 1.807) is 56.3 Å². The lowest BCUT2D eigenvalue weighted by Crippen LogP contribution is -2.30. The molecule has 0 saturated heterocycles. The molecule has 7 heteroatoms. The van der Waals surface area contributed by atoms with Gasteiger partial charge in [0.2, 0.25) is 10.0 Å². The molecule has 6 nitrogen and oxygen atoms in total. The Hall–Kier alpha value is -3.16. The number of amides is 1. The Labute approximate surface area is 177 Å². The highest BCUT2D eigenvalue weighted by Gasteiger charge is 2.16. The third kappa shape index (κ3) is 5.68. The van der Waals surface area contributed by atoms with Crippen molar-refractivity contribution < 1.29 is 17.9 Å². The number of carbonyl (C=O) groups is 1. The van der Waals surface area contributed by atoms with Gasteiger partial charge < -0.3 is 10.1 Å². The lowest BCUT2D eigenvalue weighted by atomic mass is 10.1. The molecule has 0 fully saturated rings. The van der Waals surface area contributed by atoms with Gasteiger partial charge in [0.25, 0.3) is 5.91 Å². The topological polar surface area (TPSA) is 84.5 Å². The van der Waals surface area contributed by atoms with Crippen LogP contribution in [0.1, 0.15) is 29.8 Å². The number of nitrogens with one attached hydrogen (secondary N) is 2. The number of sulfonamides is 1. The number of ether oxygens (including phenoxy) is 1. The maximum Gasteiger partial charge on any atom is 0.255 e. The Morgan fingerprint density at radius 3 is 2.37 bits per heavy atom. The molecule has 0 atom stereocenters. The van der Waals surface area contributed by atoms with E-state index in [-0.39, 0.29) is 23.4 Å². The van der Waals surface area contributed by atoms with Gasteiger partial charge in [0.05, 0.1) is 10.5 Å². The summed E-state index contributed by atoms with van der Waals surface area (Å²) in [5, 5.41) is 2.83. The number of benzene rings is 3. The molecular weight excluding hydrogens is 400 g/mol. The summed E-state index contributed by atoms with van der Waals surface area (Å²) in [6.45, 7) is 3.71. The van der Waals surface area contributed by atoms with Crippen molar-refractivity contribution in [3.05, 3.63) is 90.0 Å². The normalized spacial score (nSPS) is 11.3. The van der Waals surface area contributed by atoms with Crippen molar-refractivity contribution >= 4 is 15.9 Å². The number of para-hydroxylation sites is 2. The van der Waals surface area contributed by atoms with E-state index in [2.05, 4.69) is 10.0 Å². The first-order valence-corrected chi connectivity index (χ1v) is 11.0. The molecule has 0 aromatic heterocycles. The van der Waals surface area contributed by atoms with Crippen molar-refractivity contribution in [3.8, 4) is 11.5 Å². The van der Waals surface area contributed by atoms with Crippen molar-refractivity contribution in [3.63, 3.8) is 0 Å². The predicted octanol–water partition coefficient (Wildman–Crippen LogP) is 4.10. The minimum atomic E-state index is -3.60.